The number of carbonyl (C=O) groups excluding carboxylic acids is 1. The van der Waals surface area contributed by atoms with Crippen molar-refractivity contribution >= 4 is 23.5 Å². The van der Waals surface area contributed by atoms with Crippen molar-refractivity contribution in [3.05, 3.63) is 34.4 Å². The number of nitro groups is 1. The lowest BCUT2D eigenvalue weighted by Crippen LogP contribution is -2.61. The topological polar surface area (TPSA) is 84.3 Å². The van der Waals surface area contributed by atoms with Gasteiger partial charge in [0.25, 0.3) is 5.69 Å². The van der Waals surface area contributed by atoms with Crippen molar-refractivity contribution in [1.29, 1.82) is 0 Å². The van der Waals surface area contributed by atoms with Crippen LogP contribution in [-0.2, 0) is 4.79 Å². The van der Waals surface area contributed by atoms with Gasteiger partial charge in [-0.1, -0.05) is 25.5 Å². The number of benzene rings is 1. The first-order valence-electron chi connectivity index (χ1n) is 8.50. The predicted octanol–water partition coefficient (Wildman–Crippen LogP) is 3.42. The molecule has 2 unspecified atom stereocenters. The third kappa shape index (κ3) is 3.42. The molecule has 1 amide bonds. The molecule has 2 N–H and O–H groups in total. The van der Waals surface area contributed by atoms with Crippen LogP contribution in [0.2, 0.25) is 0 Å². The maximum absolute atomic E-state index is 12.8. The Bertz CT molecular complexity index is 633. The first kappa shape index (κ1) is 17.2. The van der Waals surface area contributed by atoms with E-state index >= 15 is 0 Å². The molecule has 2 fully saturated rings. The SMILES string of the molecule is CC1CCCC1NC(=O)C1(NSc2ccccc2[N+](=O)[O-])CCC1. The molecule has 0 saturated heterocycles. The Morgan fingerprint density at radius 1 is 1.29 bits per heavy atom. The molecule has 2 atom stereocenters. The molecule has 0 radical (unpaired) electrons. The van der Waals surface area contributed by atoms with E-state index in [2.05, 4.69) is 17.0 Å². The minimum Gasteiger partial charge on any atom is -0.351 e. The molecule has 3 rings (SSSR count). The third-order valence-electron chi connectivity index (χ3n) is 5.24. The quantitative estimate of drug-likeness (QED) is 0.467. The normalized spacial score (nSPS) is 25.0. The largest absolute Gasteiger partial charge is 0.351 e. The van der Waals surface area contributed by atoms with E-state index in [9.17, 15) is 14.9 Å². The fraction of sp³-hybridized carbons (Fsp3) is 0.588. The molecule has 1 aromatic rings. The summed E-state index contributed by atoms with van der Waals surface area (Å²) in [6, 6.07) is 6.87. The van der Waals surface area contributed by atoms with Gasteiger partial charge in [0, 0.05) is 12.1 Å². The van der Waals surface area contributed by atoms with Gasteiger partial charge in [0.15, 0.2) is 0 Å². The lowest BCUT2D eigenvalue weighted by atomic mass is 9.76. The molecule has 2 aliphatic rings. The van der Waals surface area contributed by atoms with Gasteiger partial charge in [0.2, 0.25) is 5.91 Å². The number of hydrogen-bond donors (Lipinski definition) is 2. The maximum atomic E-state index is 12.8. The Morgan fingerprint density at radius 2 is 2.04 bits per heavy atom. The van der Waals surface area contributed by atoms with Gasteiger partial charge in [-0.25, -0.2) is 4.72 Å². The summed E-state index contributed by atoms with van der Waals surface area (Å²) in [4.78, 5) is 24.0. The standard InChI is InChI=1S/C17H23N3O3S/c1-12-6-4-7-13(12)18-16(21)17(10-5-11-17)19-24-15-9-3-2-8-14(15)20(22)23/h2-3,8-9,12-13,19H,4-7,10-11H2,1H3,(H,18,21). The van der Waals surface area contributed by atoms with Crippen LogP contribution in [0.3, 0.4) is 0 Å². The summed E-state index contributed by atoms with van der Waals surface area (Å²) in [5.41, 5.74) is -0.536. The number of nitro benzene ring substituents is 1. The monoisotopic (exact) mass is 349 g/mol. The van der Waals surface area contributed by atoms with Crippen LogP contribution in [0.5, 0.6) is 0 Å². The van der Waals surface area contributed by atoms with Crippen LogP contribution in [0.25, 0.3) is 0 Å². The molecule has 130 valence electrons. The van der Waals surface area contributed by atoms with Gasteiger partial charge >= 0.3 is 0 Å². The zero-order valence-corrected chi connectivity index (χ0v) is 14.6. The number of para-hydroxylation sites is 1. The molecule has 1 aromatic carbocycles. The van der Waals surface area contributed by atoms with Crippen molar-refractivity contribution in [3.63, 3.8) is 0 Å². The summed E-state index contributed by atoms with van der Waals surface area (Å²) in [6.07, 6.45) is 5.91. The van der Waals surface area contributed by atoms with Crippen LogP contribution in [0.4, 0.5) is 5.69 Å². The van der Waals surface area contributed by atoms with Gasteiger partial charge in [-0.3, -0.25) is 14.9 Å². The van der Waals surface area contributed by atoms with Crippen molar-refractivity contribution in [2.45, 2.75) is 61.9 Å². The summed E-state index contributed by atoms with van der Waals surface area (Å²) < 4.78 is 3.23. The van der Waals surface area contributed by atoms with Crippen LogP contribution in [0, 0.1) is 16.0 Å². The van der Waals surface area contributed by atoms with E-state index in [-0.39, 0.29) is 17.6 Å². The summed E-state index contributed by atoms with van der Waals surface area (Å²) in [5.74, 6) is 0.563. The predicted molar refractivity (Wildman–Crippen MR) is 93.6 cm³/mol. The van der Waals surface area contributed by atoms with E-state index < -0.39 is 10.5 Å². The molecule has 2 aliphatic carbocycles. The highest BCUT2D eigenvalue weighted by molar-refractivity contribution is 7.97. The van der Waals surface area contributed by atoms with E-state index in [4.69, 9.17) is 0 Å². The van der Waals surface area contributed by atoms with E-state index in [1.54, 1.807) is 18.2 Å². The zero-order chi connectivity index (χ0) is 17.2. The molecule has 0 heterocycles. The van der Waals surface area contributed by atoms with Gasteiger partial charge in [-0.2, -0.15) is 0 Å². The smallest absolute Gasteiger partial charge is 0.284 e. The minimum atomic E-state index is -0.601. The molecule has 0 bridgehead atoms. The number of amides is 1. The second-order valence-electron chi connectivity index (χ2n) is 6.85. The Balaban J connectivity index is 1.66. The molecule has 0 aromatic heterocycles. The van der Waals surface area contributed by atoms with Gasteiger partial charge < -0.3 is 5.32 Å². The Kier molecular flexibility index (Phi) is 5.10. The second kappa shape index (κ2) is 7.11. The number of rotatable bonds is 6. The molecule has 0 spiro atoms. The van der Waals surface area contributed by atoms with Gasteiger partial charge in [-0.05, 0) is 56.0 Å². The maximum Gasteiger partial charge on any atom is 0.284 e. The lowest BCUT2D eigenvalue weighted by molar-refractivity contribution is -0.387. The van der Waals surface area contributed by atoms with Crippen molar-refractivity contribution in [2.75, 3.05) is 0 Å². The molecular weight excluding hydrogens is 326 g/mol. The Labute approximate surface area is 146 Å². The Hall–Kier alpha value is -1.60. The number of carbonyl (C=O) groups is 1. The molecule has 7 heteroatoms. The highest BCUT2D eigenvalue weighted by Gasteiger charge is 2.45. The number of nitrogens with one attached hydrogen (secondary N) is 2. The fourth-order valence-electron chi connectivity index (χ4n) is 3.42. The molecule has 6 nitrogen and oxygen atoms in total. The first-order chi connectivity index (χ1) is 11.5. The summed E-state index contributed by atoms with van der Waals surface area (Å²) in [5, 5.41) is 14.3. The van der Waals surface area contributed by atoms with Crippen molar-refractivity contribution < 1.29 is 9.72 Å². The van der Waals surface area contributed by atoms with E-state index in [0.29, 0.717) is 10.8 Å². The lowest BCUT2D eigenvalue weighted by Gasteiger charge is -2.41. The number of nitrogens with zero attached hydrogens (tertiary/aromatic N) is 1. The summed E-state index contributed by atoms with van der Waals surface area (Å²) in [6.45, 7) is 2.18. The highest BCUT2D eigenvalue weighted by Crippen LogP contribution is 2.38. The molecule has 24 heavy (non-hydrogen) atoms. The Morgan fingerprint density at radius 3 is 2.62 bits per heavy atom. The highest BCUT2D eigenvalue weighted by atomic mass is 32.2. The van der Waals surface area contributed by atoms with Gasteiger partial charge in [-0.15, -0.1) is 0 Å². The second-order valence-corrected chi connectivity index (χ2v) is 7.70. The van der Waals surface area contributed by atoms with Crippen LogP contribution in [-0.4, -0.2) is 22.4 Å². The van der Waals surface area contributed by atoms with Gasteiger partial charge in [0.05, 0.1) is 4.92 Å². The van der Waals surface area contributed by atoms with Crippen molar-refractivity contribution in [1.82, 2.24) is 10.0 Å². The van der Waals surface area contributed by atoms with Crippen molar-refractivity contribution in [3.8, 4) is 0 Å². The third-order valence-corrected chi connectivity index (χ3v) is 6.30. The van der Waals surface area contributed by atoms with Gasteiger partial charge in [0.1, 0.15) is 10.4 Å². The number of hydrogen-bond acceptors (Lipinski definition) is 5. The average molecular weight is 349 g/mol. The van der Waals surface area contributed by atoms with Crippen LogP contribution in [0.1, 0.15) is 45.4 Å². The van der Waals surface area contributed by atoms with E-state index in [0.717, 1.165) is 38.5 Å². The molecule has 2 saturated carbocycles. The molecule has 0 aliphatic heterocycles. The van der Waals surface area contributed by atoms with E-state index in [1.165, 1.54) is 18.0 Å². The van der Waals surface area contributed by atoms with Crippen molar-refractivity contribution in [2.24, 2.45) is 5.92 Å². The zero-order valence-electron chi connectivity index (χ0n) is 13.8. The fourth-order valence-corrected chi connectivity index (χ4v) is 4.42. The van der Waals surface area contributed by atoms with E-state index in [1.807, 2.05) is 0 Å². The average Bonchev–Trinajstić information content (AvgIpc) is 2.91. The van der Waals surface area contributed by atoms with Crippen LogP contribution in [0.15, 0.2) is 29.2 Å². The molecular formula is C17H23N3O3S. The van der Waals surface area contributed by atoms with Crippen LogP contribution < -0.4 is 10.0 Å². The van der Waals surface area contributed by atoms with Crippen LogP contribution >= 0.6 is 11.9 Å². The first-order valence-corrected chi connectivity index (χ1v) is 9.32. The summed E-state index contributed by atoms with van der Waals surface area (Å²) >= 11 is 1.19. The summed E-state index contributed by atoms with van der Waals surface area (Å²) in [7, 11) is 0. The minimum absolute atomic E-state index is 0.0404.